The number of allylic oxidation sites excluding steroid dienone is 1. The normalized spacial score (nSPS) is 10.5. The van der Waals surface area contributed by atoms with Gasteiger partial charge in [0.15, 0.2) is 0 Å². The van der Waals surface area contributed by atoms with Crippen molar-refractivity contribution < 1.29 is 9.47 Å². The van der Waals surface area contributed by atoms with Crippen molar-refractivity contribution in [2.45, 2.75) is 26.6 Å². The lowest BCUT2D eigenvalue weighted by Gasteiger charge is -2.15. The Morgan fingerprint density at radius 2 is 1.95 bits per heavy atom. The standard InChI is InChI=1S/C18H20ClNO2/c1-4-13(2)15-10-17(19)20-18(21-3)16(15)12-22-11-14-8-6-5-7-9-14/h5-10H,2,4,11-12H2,1,3H3. The minimum atomic E-state index is 0.397. The number of halogens is 1. The zero-order valence-corrected chi connectivity index (χ0v) is 13.7. The van der Waals surface area contributed by atoms with Gasteiger partial charge in [0.1, 0.15) is 5.15 Å². The average Bonchev–Trinajstić information content (AvgIpc) is 2.55. The van der Waals surface area contributed by atoms with Crippen molar-refractivity contribution in [3.05, 3.63) is 64.8 Å². The van der Waals surface area contributed by atoms with E-state index in [0.717, 1.165) is 28.7 Å². The molecular weight excluding hydrogens is 298 g/mol. The second-order valence-corrected chi connectivity index (χ2v) is 5.30. The maximum Gasteiger partial charge on any atom is 0.220 e. The third-order valence-corrected chi connectivity index (χ3v) is 3.61. The monoisotopic (exact) mass is 317 g/mol. The topological polar surface area (TPSA) is 31.4 Å². The summed E-state index contributed by atoms with van der Waals surface area (Å²) in [5, 5.41) is 0.397. The zero-order valence-electron chi connectivity index (χ0n) is 12.9. The summed E-state index contributed by atoms with van der Waals surface area (Å²) in [5.74, 6) is 0.491. The molecule has 0 unspecified atom stereocenters. The van der Waals surface area contributed by atoms with Crippen molar-refractivity contribution in [3.63, 3.8) is 0 Å². The smallest absolute Gasteiger partial charge is 0.220 e. The molecule has 2 aromatic rings. The molecule has 1 heterocycles. The van der Waals surface area contributed by atoms with E-state index < -0.39 is 0 Å². The van der Waals surface area contributed by atoms with E-state index in [-0.39, 0.29) is 0 Å². The third kappa shape index (κ3) is 4.09. The first-order valence-electron chi connectivity index (χ1n) is 7.19. The van der Waals surface area contributed by atoms with Gasteiger partial charge in [0, 0.05) is 5.56 Å². The van der Waals surface area contributed by atoms with Gasteiger partial charge in [-0.25, -0.2) is 4.98 Å². The van der Waals surface area contributed by atoms with E-state index in [1.54, 1.807) is 7.11 Å². The summed E-state index contributed by atoms with van der Waals surface area (Å²) in [6.45, 7) is 7.07. The van der Waals surface area contributed by atoms with E-state index in [1.165, 1.54) is 0 Å². The minimum absolute atomic E-state index is 0.397. The molecule has 0 aliphatic carbocycles. The predicted molar refractivity (Wildman–Crippen MR) is 90.1 cm³/mol. The fourth-order valence-electron chi connectivity index (χ4n) is 2.18. The largest absolute Gasteiger partial charge is 0.481 e. The average molecular weight is 318 g/mol. The molecule has 116 valence electrons. The first-order valence-corrected chi connectivity index (χ1v) is 7.56. The Kier molecular flexibility index (Phi) is 5.99. The first-order chi connectivity index (χ1) is 10.7. The van der Waals surface area contributed by atoms with Crippen LogP contribution in [-0.2, 0) is 18.0 Å². The van der Waals surface area contributed by atoms with Crippen molar-refractivity contribution in [2.75, 3.05) is 7.11 Å². The Balaban J connectivity index is 2.19. The molecule has 3 nitrogen and oxygen atoms in total. The number of ether oxygens (including phenoxy) is 2. The molecule has 0 saturated carbocycles. The predicted octanol–water partition coefficient (Wildman–Crippen LogP) is 4.88. The lowest BCUT2D eigenvalue weighted by molar-refractivity contribution is 0.105. The van der Waals surface area contributed by atoms with Crippen LogP contribution >= 0.6 is 11.6 Å². The summed E-state index contributed by atoms with van der Waals surface area (Å²) in [4.78, 5) is 4.22. The van der Waals surface area contributed by atoms with Crippen LogP contribution in [0.4, 0.5) is 0 Å². The fraction of sp³-hybridized carbons (Fsp3) is 0.278. The number of aromatic nitrogens is 1. The first kappa shape index (κ1) is 16.5. The molecule has 4 heteroatoms. The quantitative estimate of drug-likeness (QED) is 0.682. The van der Waals surface area contributed by atoms with E-state index in [2.05, 4.69) is 18.5 Å². The highest BCUT2D eigenvalue weighted by Gasteiger charge is 2.14. The van der Waals surface area contributed by atoms with Crippen LogP contribution in [0.1, 0.15) is 30.0 Å². The van der Waals surface area contributed by atoms with Crippen LogP contribution < -0.4 is 4.74 Å². The Bertz CT molecular complexity index is 641. The highest BCUT2D eigenvalue weighted by atomic mass is 35.5. The Morgan fingerprint density at radius 1 is 1.23 bits per heavy atom. The molecular formula is C18H20ClNO2. The van der Waals surface area contributed by atoms with Crippen LogP contribution in [0.2, 0.25) is 5.15 Å². The van der Waals surface area contributed by atoms with Crippen LogP contribution in [0, 0.1) is 0 Å². The molecule has 2 rings (SSSR count). The molecule has 1 aromatic carbocycles. The molecule has 0 spiro atoms. The van der Waals surface area contributed by atoms with E-state index in [9.17, 15) is 0 Å². The molecule has 0 saturated heterocycles. The molecule has 22 heavy (non-hydrogen) atoms. The number of rotatable bonds is 7. The van der Waals surface area contributed by atoms with Gasteiger partial charge in [0.05, 0.1) is 20.3 Å². The van der Waals surface area contributed by atoms with Crippen LogP contribution in [0.3, 0.4) is 0 Å². The van der Waals surface area contributed by atoms with Gasteiger partial charge in [-0.3, -0.25) is 0 Å². The van der Waals surface area contributed by atoms with E-state index >= 15 is 0 Å². The molecule has 0 amide bonds. The summed E-state index contributed by atoms with van der Waals surface area (Å²) < 4.78 is 11.2. The molecule has 0 atom stereocenters. The number of hydrogen-bond acceptors (Lipinski definition) is 3. The molecule has 0 N–H and O–H groups in total. The molecule has 0 radical (unpaired) electrons. The number of pyridine rings is 1. The Labute approximate surface area is 136 Å². The summed E-state index contributed by atoms with van der Waals surface area (Å²) in [6.07, 6.45) is 0.829. The van der Waals surface area contributed by atoms with Gasteiger partial charge >= 0.3 is 0 Å². The third-order valence-electron chi connectivity index (χ3n) is 3.41. The zero-order chi connectivity index (χ0) is 15.9. The van der Waals surface area contributed by atoms with E-state index in [0.29, 0.717) is 24.2 Å². The maximum absolute atomic E-state index is 6.06. The molecule has 0 bridgehead atoms. The second-order valence-electron chi connectivity index (χ2n) is 4.92. The van der Waals surface area contributed by atoms with Crippen LogP contribution in [-0.4, -0.2) is 12.1 Å². The number of nitrogens with zero attached hydrogens (tertiary/aromatic N) is 1. The van der Waals surface area contributed by atoms with Gasteiger partial charge in [-0.15, -0.1) is 0 Å². The lowest BCUT2D eigenvalue weighted by atomic mass is 10.0. The van der Waals surface area contributed by atoms with Gasteiger partial charge in [0.25, 0.3) is 0 Å². The lowest BCUT2D eigenvalue weighted by Crippen LogP contribution is -2.03. The van der Waals surface area contributed by atoms with Crippen molar-refractivity contribution in [2.24, 2.45) is 0 Å². The number of methoxy groups -OCH3 is 1. The number of hydrogen-bond donors (Lipinski definition) is 0. The van der Waals surface area contributed by atoms with Crippen LogP contribution in [0.15, 0.2) is 43.0 Å². The summed E-state index contributed by atoms with van der Waals surface area (Å²) in [6, 6.07) is 11.9. The van der Waals surface area contributed by atoms with Crippen LogP contribution in [0.5, 0.6) is 5.88 Å². The van der Waals surface area contributed by atoms with E-state index in [4.69, 9.17) is 21.1 Å². The maximum atomic E-state index is 6.06. The summed E-state index contributed by atoms with van der Waals surface area (Å²) >= 11 is 6.06. The molecule has 0 aliphatic rings. The second kappa shape index (κ2) is 7.97. The van der Waals surface area contributed by atoms with Gasteiger partial charge in [-0.1, -0.05) is 55.4 Å². The summed E-state index contributed by atoms with van der Waals surface area (Å²) in [7, 11) is 1.58. The van der Waals surface area contributed by atoms with Gasteiger partial charge in [-0.05, 0) is 29.2 Å². The molecule has 1 aromatic heterocycles. The summed E-state index contributed by atoms with van der Waals surface area (Å²) in [5.41, 5.74) is 3.95. The van der Waals surface area contributed by atoms with Crippen molar-refractivity contribution in [1.29, 1.82) is 0 Å². The van der Waals surface area contributed by atoms with Gasteiger partial charge in [0.2, 0.25) is 5.88 Å². The van der Waals surface area contributed by atoms with Gasteiger partial charge < -0.3 is 9.47 Å². The van der Waals surface area contributed by atoms with Crippen LogP contribution in [0.25, 0.3) is 5.57 Å². The highest BCUT2D eigenvalue weighted by molar-refractivity contribution is 6.29. The van der Waals surface area contributed by atoms with Gasteiger partial charge in [-0.2, -0.15) is 0 Å². The number of benzene rings is 1. The highest BCUT2D eigenvalue weighted by Crippen LogP contribution is 2.30. The minimum Gasteiger partial charge on any atom is -0.481 e. The molecule has 0 aliphatic heterocycles. The van der Waals surface area contributed by atoms with E-state index in [1.807, 2.05) is 36.4 Å². The van der Waals surface area contributed by atoms with Crippen molar-refractivity contribution >= 4 is 17.2 Å². The van der Waals surface area contributed by atoms with Crippen molar-refractivity contribution in [1.82, 2.24) is 4.98 Å². The molecule has 0 fully saturated rings. The SMILES string of the molecule is C=C(CC)c1cc(Cl)nc(OC)c1COCc1ccccc1. The Hall–Kier alpha value is -1.84. The Morgan fingerprint density at radius 3 is 2.59 bits per heavy atom. The van der Waals surface area contributed by atoms with Crippen molar-refractivity contribution in [3.8, 4) is 5.88 Å². The fourth-order valence-corrected chi connectivity index (χ4v) is 2.36.